The topological polar surface area (TPSA) is 128 Å². The van der Waals surface area contributed by atoms with Gasteiger partial charge in [0.05, 0.1) is 13.2 Å². The van der Waals surface area contributed by atoms with Gasteiger partial charge >= 0.3 is 12.0 Å². The minimum Gasteiger partial charge on any atom is -0.481 e. The number of anilines is 2. The SMILES string of the molecule is Nc1nc(OCC2CC2)nc2c1C(=O)N(c1ccc(C3CCC(CC(=O)O)CC3)cc1)CCO2. The van der Waals surface area contributed by atoms with Crippen LogP contribution in [0.25, 0.3) is 0 Å². The number of rotatable bonds is 7. The molecule has 0 radical (unpaired) electrons. The number of carboxylic acid groups (broad SMARTS) is 1. The Morgan fingerprint density at radius 2 is 1.79 bits per heavy atom. The molecule has 9 nitrogen and oxygen atoms in total. The highest BCUT2D eigenvalue weighted by Gasteiger charge is 2.31. The van der Waals surface area contributed by atoms with Crippen LogP contribution in [-0.4, -0.2) is 46.7 Å². The predicted molar refractivity (Wildman–Crippen MR) is 125 cm³/mol. The summed E-state index contributed by atoms with van der Waals surface area (Å²) in [5.74, 6) is 0.456. The van der Waals surface area contributed by atoms with Gasteiger partial charge in [0.25, 0.3) is 5.91 Å². The fraction of sp³-hybridized carbons (Fsp3) is 0.520. The summed E-state index contributed by atoms with van der Waals surface area (Å²) >= 11 is 0. The summed E-state index contributed by atoms with van der Waals surface area (Å²) in [5.41, 5.74) is 8.28. The van der Waals surface area contributed by atoms with Crippen molar-refractivity contribution in [3.8, 4) is 11.9 Å². The first kappa shape index (κ1) is 22.4. The predicted octanol–water partition coefficient (Wildman–Crippen LogP) is 3.64. The van der Waals surface area contributed by atoms with Crippen molar-refractivity contribution in [3.63, 3.8) is 0 Å². The zero-order valence-electron chi connectivity index (χ0n) is 19.1. The average molecular weight is 467 g/mol. The van der Waals surface area contributed by atoms with E-state index in [2.05, 4.69) is 22.1 Å². The van der Waals surface area contributed by atoms with Crippen LogP contribution < -0.4 is 20.1 Å². The average Bonchev–Trinajstić information content (AvgIpc) is 3.66. The highest BCUT2D eigenvalue weighted by molar-refractivity contribution is 6.10. The molecular formula is C25H30N4O5. The van der Waals surface area contributed by atoms with Crippen molar-refractivity contribution in [1.82, 2.24) is 9.97 Å². The van der Waals surface area contributed by atoms with E-state index in [0.29, 0.717) is 25.0 Å². The van der Waals surface area contributed by atoms with Crippen molar-refractivity contribution in [2.45, 2.75) is 50.9 Å². The number of hydrogen-bond donors (Lipinski definition) is 2. The Morgan fingerprint density at radius 3 is 2.47 bits per heavy atom. The molecule has 34 heavy (non-hydrogen) atoms. The molecule has 0 atom stereocenters. The Bertz CT molecular complexity index is 1060. The normalized spacial score (nSPS) is 22.5. The van der Waals surface area contributed by atoms with Gasteiger partial charge in [0.1, 0.15) is 18.0 Å². The Kier molecular flexibility index (Phi) is 6.26. The Morgan fingerprint density at radius 1 is 1.09 bits per heavy atom. The molecule has 0 bridgehead atoms. The number of amides is 1. The van der Waals surface area contributed by atoms with Crippen LogP contribution in [0.2, 0.25) is 0 Å². The molecule has 0 saturated heterocycles. The van der Waals surface area contributed by atoms with Crippen molar-refractivity contribution in [1.29, 1.82) is 0 Å². The Labute approximate surface area is 198 Å². The van der Waals surface area contributed by atoms with Gasteiger partial charge in [-0.3, -0.25) is 9.59 Å². The van der Waals surface area contributed by atoms with Crippen LogP contribution in [0.4, 0.5) is 11.5 Å². The molecule has 1 aromatic carbocycles. The van der Waals surface area contributed by atoms with Crippen molar-refractivity contribution < 1.29 is 24.2 Å². The van der Waals surface area contributed by atoms with Crippen LogP contribution in [0.1, 0.15) is 66.8 Å². The van der Waals surface area contributed by atoms with Gasteiger partial charge in [-0.05, 0) is 74.0 Å². The van der Waals surface area contributed by atoms with Crippen LogP contribution in [0, 0.1) is 11.8 Å². The standard InChI is InChI=1S/C25H30N4O5/c26-22-21-23(28-25(27-22)34-14-16-1-2-16)33-12-11-29(24(21)32)19-9-7-18(8-10-19)17-5-3-15(4-6-17)13-20(30)31/h7-10,15-17H,1-6,11-14H2,(H,30,31)(H2,26,27,28). The number of carbonyl (C=O) groups is 2. The first-order valence-corrected chi connectivity index (χ1v) is 12.0. The maximum absolute atomic E-state index is 13.4. The summed E-state index contributed by atoms with van der Waals surface area (Å²) in [6.45, 7) is 1.20. The maximum atomic E-state index is 13.4. The van der Waals surface area contributed by atoms with Crippen molar-refractivity contribution in [2.75, 3.05) is 30.4 Å². The van der Waals surface area contributed by atoms with Gasteiger partial charge in [-0.2, -0.15) is 9.97 Å². The highest BCUT2D eigenvalue weighted by atomic mass is 16.5. The van der Waals surface area contributed by atoms with Crippen LogP contribution >= 0.6 is 0 Å². The molecule has 2 aliphatic carbocycles. The lowest BCUT2D eigenvalue weighted by molar-refractivity contribution is -0.138. The smallest absolute Gasteiger partial charge is 0.321 e. The van der Waals surface area contributed by atoms with E-state index in [1.165, 1.54) is 5.56 Å². The molecule has 2 heterocycles. The Balaban J connectivity index is 1.28. The maximum Gasteiger partial charge on any atom is 0.321 e. The van der Waals surface area contributed by atoms with E-state index in [1.54, 1.807) is 4.90 Å². The molecule has 180 valence electrons. The van der Waals surface area contributed by atoms with Crippen LogP contribution in [0.15, 0.2) is 24.3 Å². The molecule has 2 saturated carbocycles. The highest BCUT2D eigenvalue weighted by Crippen LogP contribution is 2.38. The van der Waals surface area contributed by atoms with E-state index in [4.69, 9.17) is 20.3 Å². The molecule has 3 N–H and O–H groups in total. The van der Waals surface area contributed by atoms with Gasteiger partial charge in [0.2, 0.25) is 5.88 Å². The van der Waals surface area contributed by atoms with E-state index >= 15 is 0 Å². The first-order valence-electron chi connectivity index (χ1n) is 12.0. The number of ether oxygens (including phenoxy) is 2. The molecular weight excluding hydrogens is 436 g/mol. The van der Waals surface area contributed by atoms with Crippen LogP contribution in [0.5, 0.6) is 11.9 Å². The molecule has 5 rings (SSSR count). The number of carboxylic acids is 1. The number of aliphatic carboxylic acids is 1. The summed E-state index contributed by atoms with van der Waals surface area (Å²) in [6.07, 6.45) is 6.39. The summed E-state index contributed by atoms with van der Waals surface area (Å²) in [7, 11) is 0. The number of benzene rings is 1. The van der Waals surface area contributed by atoms with Gasteiger partial charge in [0, 0.05) is 12.1 Å². The van der Waals surface area contributed by atoms with Gasteiger partial charge in [-0.25, -0.2) is 0 Å². The van der Waals surface area contributed by atoms with Crippen molar-refractivity contribution >= 4 is 23.4 Å². The third-order valence-electron chi connectivity index (χ3n) is 7.03. The Hall–Kier alpha value is -3.36. The number of fused-ring (bicyclic) bond motifs is 1. The van der Waals surface area contributed by atoms with Gasteiger partial charge in [-0.15, -0.1) is 0 Å². The number of nitrogens with two attached hydrogens (primary N) is 1. The monoisotopic (exact) mass is 466 g/mol. The molecule has 9 heteroatoms. The quantitative estimate of drug-likeness (QED) is 0.633. The number of aromatic nitrogens is 2. The molecule has 1 amide bonds. The molecule has 2 aromatic rings. The van der Waals surface area contributed by atoms with E-state index in [9.17, 15) is 9.59 Å². The van der Waals surface area contributed by atoms with Crippen LogP contribution in [-0.2, 0) is 4.79 Å². The number of nitrogens with zero attached hydrogens (tertiary/aromatic N) is 3. The van der Waals surface area contributed by atoms with Crippen LogP contribution in [0.3, 0.4) is 0 Å². The first-order chi connectivity index (χ1) is 16.5. The zero-order chi connectivity index (χ0) is 23.7. The largest absolute Gasteiger partial charge is 0.481 e. The summed E-state index contributed by atoms with van der Waals surface area (Å²) < 4.78 is 11.4. The van der Waals surface area contributed by atoms with E-state index in [0.717, 1.165) is 44.2 Å². The minimum absolute atomic E-state index is 0.0578. The second-order valence-electron chi connectivity index (χ2n) is 9.54. The number of hydrogen-bond acceptors (Lipinski definition) is 7. The van der Waals surface area contributed by atoms with Gasteiger partial charge in [0.15, 0.2) is 0 Å². The summed E-state index contributed by atoms with van der Waals surface area (Å²) in [6, 6.07) is 8.17. The minimum atomic E-state index is -0.714. The summed E-state index contributed by atoms with van der Waals surface area (Å²) in [4.78, 5) is 34.4. The molecule has 3 aliphatic rings. The molecule has 0 unspecified atom stereocenters. The van der Waals surface area contributed by atoms with E-state index < -0.39 is 5.97 Å². The van der Waals surface area contributed by atoms with Gasteiger partial charge in [-0.1, -0.05) is 12.1 Å². The number of nitrogen functional groups attached to an aromatic ring is 1. The lowest BCUT2D eigenvalue weighted by Crippen LogP contribution is -2.32. The molecule has 2 fully saturated rings. The van der Waals surface area contributed by atoms with Crippen molar-refractivity contribution in [2.24, 2.45) is 11.8 Å². The molecule has 0 spiro atoms. The fourth-order valence-corrected chi connectivity index (χ4v) is 4.87. The van der Waals surface area contributed by atoms with Crippen molar-refractivity contribution in [3.05, 3.63) is 35.4 Å². The second kappa shape index (κ2) is 9.48. The lowest BCUT2D eigenvalue weighted by Gasteiger charge is -2.28. The summed E-state index contributed by atoms with van der Waals surface area (Å²) in [5, 5.41) is 9.02. The second-order valence-corrected chi connectivity index (χ2v) is 9.54. The lowest BCUT2D eigenvalue weighted by atomic mass is 9.77. The number of carbonyl (C=O) groups excluding carboxylic acids is 1. The third kappa shape index (κ3) is 4.93. The van der Waals surface area contributed by atoms with E-state index in [1.807, 2.05) is 12.1 Å². The molecule has 1 aromatic heterocycles. The molecule has 1 aliphatic heterocycles. The van der Waals surface area contributed by atoms with Gasteiger partial charge < -0.3 is 25.2 Å². The fourth-order valence-electron chi connectivity index (χ4n) is 4.87. The zero-order valence-corrected chi connectivity index (χ0v) is 19.1. The van der Waals surface area contributed by atoms with E-state index in [-0.39, 0.29) is 48.1 Å². The third-order valence-corrected chi connectivity index (χ3v) is 7.03.